The zero-order valence-electron chi connectivity index (χ0n) is 13.4. The van der Waals surface area contributed by atoms with E-state index < -0.39 is 0 Å². The molecule has 0 bridgehead atoms. The SMILES string of the molecule is CCCNC(CCCc1cccc(C)c1)C(C)(C)C. The second kappa shape index (κ2) is 7.69. The molecule has 0 aliphatic rings. The normalized spacial score (nSPS) is 13.5. The van der Waals surface area contributed by atoms with Gasteiger partial charge in [-0.15, -0.1) is 0 Å². The molecule has 1 atom stereocenters. The zero-order chi connectivity index (χ0) is 14.3. The fraction of sp³-hybridized carbons (Fsp3) is 0.667. The van der Waals surface area contributed by atoms with Crippen LogP contribution in [0.5, 0.6) is 0 Å². The molecule has 0 spiro atoms. The lowest BCUT2D eigenvalue weighted by atomic mass is 9.83. The van der Waals surface area contributed by atoms with Crippen LogP contribution >= 0.6 is 0 Å². The van der Waals surface area contributed by atoms with E-state index in [9.17, 15) is 0 Å². The first kappa shape index (κ1) is 16.2. The molecule has 0 aliphatic carbocycles. The van der Waals surface area contributed by atoms with E-state index in [1.54, 1.807) is 0 Å². The Kier molecular flexibility index (Phi) is 6.57. The molecule has 0 amide bonds. The molecular formula is C18H31N. The summed E-state index contributed by atoms with van der Waals surface area (Å²) in [4.78, 5) is 0. The predicted molar refractivity (Wildman–Crippen MR) is 85.7 cm³/mol. The molecule has 0 fully saturated rings. The molecule has 0 saturated carbocycles. The minimum absolute atomic E-state index is 0.349. The van der Waals surface area contributed by atoms with Crippen molar-refractivity contribution in [2.75, 3.05) is 6.54 Å². The van der Waals surface area contributed by atoms with Crippen LogP contribution in [0.15, 0.2) is 24.3 Å². The molecule has 0 heterocycles. The number of hydrogen-bond acceptors (Lipinski definition) is 1. The fourth-order valence-electron chi connectivity index (χ4n) is 2.54. The lowest BCUT2D eigenvalue weighted by Gasteiger charge is -2.32. The first-order valence-electron chi connectivity index (χ1n) is 7.72. The van der Waals surface area contributed by atoms with Gasteiger partial charge in [-0.2, -0.15) is 0 Å². The van der Waals surface area contributed by atoms with Gasteiger partial charge in [-0.25, -0.2) is 0 Å². The van der Waals surface area contributed by atoms with Crippen molar-refractivity contribution in [3.05, 3.63) is 35.4 Å². The highest BCUT2D eigenvalue weighted by Crippen LogP contribution is 2.23. The van der Waals surface area contributed by atoms with Gasteiger partial charge in [0, 0.05) is 6.04 Å². The molecule has 1 aromatic rings. The van der Waals surface area contributed by atoms with Crippen LogP contribution in [0.4, 0.5) is 0 Å². The lowest BCUT2D eigenvalue weighted by Crippen LogP contribution is -2.40. The van der Waals surface area contributed by atoms with Gasteiger partial charge in [0.05, 0.1) is 0 Å². The van der Waals surface area contributed by atoms with Crippen molar-refractivity contribution in [1.82, 2.24) is 5.32 Å². The molecule has 1 unspecified atom stereocenters. The van der Waals surface area contributed by atoms with E-state index in [1.165, 1.54) is 36.8 Å². The molecule has 1 rings (SSSR count). The van der Waals surface area contributed by atoms with E-state index in [0.29, 0.717) is 11.5 Å². The average molecular weight is 261 g/mol. The van der Waals surface area contributed by atoms with Crippen molar-refractivity contribution >= 4 is 0 Å². The number of hydrogen-bond donors (Lipinski definition) is 1. The fourth-order valence-corrected chi connectivity index (χ4v) is 2.54. The van der Waals surface area contributed by atoms with E-state index >= 15 is 0 Å². The maximum Gasteiger partial charge on any atom is 0.0116 e. The minimum Gasteiger partial charge on any atom is -0.313 e. The highest BCUT2D eigenvalue weighted by atomic mass is 14.9. The first-order valence-corrected chi connectivity index (χ1v) is 7.72. The average Bonchev–Trinajstić information content (AvgIpc) is 2.32. The summed E-state index contributed by atoms with van der Waals surface area (Å²) >= 11 is 0. The van der Waals surface area contributed by atoms with E-state index in [2.05, 4.69) is 64.2 Å². The molecule has 1 N–H and O–H groups in total. The molecule has 1 nitrogen and oxygen atoms in total. The van der Waals surface area contributed by atoms with Crippen LogP contribution in [0, 0.1) is 12.3 Å². The highest BCUT2D eigenvalue weighted by molar-refractivity contribution is 5.22. The second-order valence-electron chi connectivity index (χ2n) is 6.75. The Bertz CT molecular complexity index is 362. The Balaban J connectivity index is 2.43. The standard InChI is InChI=1S/C18H31N/c1-6-13-19-17(18(3,4)5)12-8-11-16-10-7-9-15(2)14-16/h7,9-10,14,17,19H,6,8,11-13H2,1-5H3. The van der Waals surface area contributed by atoms with E-state index in [1.807, 2.05) is 0 Å². The smallest absolute Gasteiger partial charge is 0.0116 e. The van der Waals surface area contributed by atoms with Crippen LogP contribution in [-0.2, 0) is 6.42 Å². The molecule has 0 radical (unpaired) electrons. The molecule has 0 saturated heterocycles. The van der Waals surface area contributed by atoms with Gasteiger partial charge in [-0.1, -0.05) is 57.5 Å². The number of nitrogens with one attached hydrogen (secondary N) is 1. The number of rotatable bonds is 7. The summed E-state index contributed by atoms with van der Waals surface area (Å²) in [5, 5.41) is 3.71. The van der Waals surface area contributed by atoms with Gasteiger partial charge in [0.1, 0.15) is 0 Å². The summed E-state index contributed by atoms with van der Waals surface area (Å²) < 4.78 is 0. The Labute approximate surface area is 119 Å². The summed E-state index contributed by atoms with van der Waals surface area (Å²) in [5.41, 5.74) is 3.19. The molecule has 0 aromatic heterocycles. The van der Waals surface area contributed by atoms with Crippen molar-refractivity contribution in [1.29, 1.82) is 0 Å². The Morgan fingerprint density at radius 3 is 2.53 bits per heavy atom. The van der Waals surface area contributed by atoms with Crippen molar-refractivity contribution in [3.8, 4) is 0 Å². The maximum absolute atomic E-state index is 3.71. The second-order valence-corrected chi connectivity index (χ2v) is 6.75. The minimum atomic E-state index is 0.349. The van der Waals surface area contributed by atoms with Gasteiger partial charge in [0.15, 0.2) is 0 Å². The van der Waals surface area contributed by atoms with Gasteiger partial charge in [-0.3, -0.25) is 0 Å². The van der Waals surface area contributed by atoms with Crippen LogP contribution in [0.1, 0.15) is 58.1 Å². The Morgan fingerprint density at radius 2 is 1.95 bits per heavy atom. The van der Waals surface area contributed by atoms with Crippen LogP contribution < -0.4 is 5.32 Å². The maximum atomic E-state index is 3.71. The Hall–Kier alpha value is -0.820. The van der Waals surface area contributed by atoms with E-state index in [4.69, 9.17) is 0 Å². The first-order chi connectivity index (χ1) is 8.93. The summed E-state index contributed by atoms with van der Waals surface area (Å²) in [6.45, 7) is 12.6. The highest BCUT2D eigenvalue weighted by Gasteiger charge is 2.23. The predicted octanol–water partition coefficient (Wildman–Crippen LogP) is 4.73. The largest absolute Gasteiger partial charge is 0.313 e. The van der Waals surface area contributed by atoms with Crippen LogP contribution in [-0.4, -0.2) is 12.6 Å². The van der Waals surface area contributed by atoms with E-state index in [-0.39, 0.29) is 0 Å². The summed E-state index contributed by atoms with van der Waals surface area (Å²) in [5.74, 6) is 0. The molecular weight excluding hydrogens is 230 g/mol. The topological polar surface area (TPSA) is 12.0 Å². The van der Waals surface area contributed by atoms with Crippen molar-refractivity contribution in [2.24, 2.45) is 5.41 Å². The van der Waals surface area contributed by atoms with E-state index in [0.717, 1.165) is 6.54 Å². The lowest BCUT2D eigenvalue weighted by molar-refractivity contribution is 0.251. The number of benzene rings is 1. The van der Waals surface area contributed by atoms with Gasteiger partial charge >= 0.3 is 0 Å². The third kappa shape index (κ3) is 6.24. The van der Waals surface area contributed by atoms with Crippen LogP contribution in [0.3, 0.4) is 0 Å². The number of aryl methyl sites for hydroxylation is 2. The molecule has 1 heteroatoms. The van der Waals surface area contributed by atoms with Crippen LogP contribution in [0.2, 0.25) is 0 Å². The Morgan fingerprint density at radius 1 is 1.21 bits per heavy atom. The van der Waals surface area contributed by atoms with Gasteiger partial charge in [0.25, 0.3) is 0 Å². The van der Waals surface area contributed by atoms with Gasteiger partial charge in [-0.05, 0) is 50.1 Å². The third-order valence-electron chi connectivity index (χ3n) is 3.73. The summed E-state index contributed by atoms with van der Waals surface area (Å²) in [6, 6.07) is 9.52. The monoisotopic (exact) mass is 261 g/mol. The van der Waals surface area contributed by atoms with Gasteiger partial charge < -0.3 is 5.32 Å². The van der Waals surface area contributed by atoms with Crippen molar-refractivity contribution in [3.63, 3.8) is 0 Å². The summed E-state index contributed by atoms with van der Waals surface area (Å²) in [7, 11) is 0. The molecule has 0 aliphatic heterocycles. The third-order valence-corrected chi connectivity index (χ3v) is 3.73. The molecule has 1 aromatic carbocycles. The van der Waals surface area contributed by atoms with Crippen LogP contribution in [0.25, 0.3) is 0 Å². The zero-order valence-corrected chi connectivity index (χ0v) is 13.4. The van der Waals surface area contributed by atoms with Crippen molar-refractivity contribution in [2.45, 2.75) is 66.3 Å². The summed E-state index contributed by atoms with van der Waals surface area (Å²) in [6.07, 6.45) is 4.94. The molecule has 19 heavy (non-hydrogen) atoms. The van der Waals surface area contributed by atoms with Gasteiger partial charge in [0.2, 0.25) is 0 Å². The quantitative estimate of drug-likeness (QED) is 0.748. The molecule has 108 valence electrons. The van der Waals surface area contributed by atoms with Crippen molar-refractivity contribution < 1.29 is 0 Å².